The molecule has 0 saturated carbocycles. The van der Waals surface area contributed by atoms with Crippen LogP contribution in [0.3, 0.4) is 0 Å². The number of carbonyl (C=O) groups excluding carboxylic acids is 1. The molecular weight excluding hydrogens is 563 g/mol. The summed E-state index contributed by atoms with van der Waals surface area (Å²) in [6, 6.07) is 17.4. The molecule has 0 N–H and O–H groups in total. The molecule has 0 unspecified atom stereocenters. The summed E-state index contributed by atoms with van der Waals surface area (Å²) in [5.74, 6) is 0.659. The van der Waals surface area contributed by atoms with Crippen LogP contribution in [0.15, 0.2) is 76.1 Å². The smallest absolute Gasteiger partial charge is 0.337 e. The summed E-state index contributed by atoms with van der Waals surface area (Å²) in [6.07, 6.45) is 0. The van der Waals surface area contributed by atoms with Crippen LogP contribution in [0, 0.1) is 0 Å². The van der Waals surface area contributed by atoms with Gasteiger partial charge in [0.25, 0.3) is 10.0 Å². The Labute approximate surface area is 237 Å². The van der Waals surface area contributed by atoms with E-state index < -0.39 is 16.0 Å². The van der Waals surface area contributed by atoms with Crippen molar-refractivity contribution in [3.8, 4) is 17.0 Å². The fourth-order valence-corrected chi connectivity index (χ4v) is 5.69. The van der Waals surface area contributed by atoms with E-state index in [4.69, 9.17) is 32.5 Å². The molecule has 0 fully saturated rings. The Hall–Kier alpha value is -3.53. The summed E-state index contributed by atoms with van der Waals surface area (Å²) in [6.45, 7) is 4.10. The van der Waals surface area contributed by atoms with Crippen LogP contribution in [0.1, 0.15) is 41.4 Å². The number of esters is 1. The zero-order valence-electron chi connectivity index (χ0n) is 21.6. The molecule has 8 nitrogen and oxygen atoms in total. The van der Waals surface area contributed by atoms with Crippen LogP contribution >= 0.6 is 23.2 Å². The first-order valence-corrected chi connectivity index (χ1v) is 14.1. The highest BCUT2D eigenvalue weighted by Gasteiger charge is 2.25. The second-order valence-electron chi connectivity index (χ2n) is 8.90. The van der Waals surface area contributed by atoms with Gasteiger partial charge in [0.2, 0.25) is 0 Å². The van der Waals surface area contributed by atoms with Crippen molar-refractivity contribution >= 4 is 44.9 Å². The van der Waals surface area contributed by atoms with Crippen LogP contribution in [0.4, 0.5) is 5.69 Å². The van der Waals surface area contributed by atoms with Gasteiger partial charge in [-0.1, -0.05) is 48.3 Å². The van der Waals surface area contributed by atoms with Crippen molar-refractivity contribution in [2.24, 2.45) is 0 Å². The monoisotopic (exact) mass is 588 g/mol. The van der Waals surface area contributed by atoms with E-state index in [1.165, 1.54) is 38.4 Å². The summed E-state index contributed by atoms with van der Waals surface area (Å²) in [5.41, 5.74) is 2.48. The lowest BCUT2D eigenvalue weighted by Gasteiger charge is -2.20. The van der Waals surface area contributed by atoms with Crippen molar-refractivity contribution in [1.29, 1.82) is 0 Å². The molecule has 39 heavy (non-hydrogen) atoms. The molecule has 11 heteroatoms. The van der Waals surface area contributed by atoms with Crippen molar-refractivity contribution in [2.75, 3.05) is 18.5 Å². The van der Waals surface area contributed by atoms with Gasteiger partial charge in [0.15, 0.2) is 0 Å². The molecule has 0 atom stereocenters. The molecular formula is C28H26Cl2N2O6S. The minimum absolute atomic E-state index is 0.0361. The van der Waals surface area contributed by atoms with Crippen LogP contribution in [0.5, 0.6) is 5.75 Å². The second kappa shape index (κ2) is 11.7. The van der Waals surface area contributed by atoms with Gasteiger partial charge in [-0.05, 0) is 60.7 Å². The Morgan fingerprint density at radius 3 is 2.18 bits per heavy atom. The van der Waals surface area contributed by atoms with Crippen molar-refractivity contribution in [2.45, 2.75) is 31.3 Å². The lowest BCUT2D eigenvalue weighted by Crippen LogP contribution is -2.26. The van der Waals surface area contributed by atoms with E-state index in [-0.39, 0.29) is 23.0 Å². The maximum atomic E-state index is 13.1. The Morgan fingerprint density at radius 2 is 1.62 bits per heavy atom. The van der Waals surface area contributed by atoms with Gasteiger partial charge >= 0.3 is 5.97 Å². The van der Waals surface area contributed by atoms with Crippen molar-refractivity contribution in [3.63, 3.8) is 0 Å². The van der Waals surface area contributed by atoms with E-state index in [1.54, 1.807) is 42.5 Å². The van der Waals surface area contributed by atoms with Gasteiger partial charge in [-0.2, -0.15) is 0 Å². The number of nitrogens with zero attached hydrogens (tertiary/aromatic N) is 2. The molecule has 3 aromatic carbocycles. The molecule has 0 spiro atoms. The van der Waals surface area contributed by atoms with Crippen LogP contribution in [-0.2, 0) is 21.4 Å². The summed E-state index contributed by atoms with van der Waals surface area (Å²) >= 11 is 12.8. The summed E-state index contributed by atoms with van der Waals surface area (Å²) in [7, 11) is -1.16. The third-order valence-corrected chi connectivity index (χ3v) is 8.49. The lowest BCUT2D eigenvalue weighted by molar-refractivity contribution is 0.0600. The molecule has 1 heterocycles. The van der Waals surface area contributed by atoms with E-state index in [2.05, 4.69) is 9.89 Å². The van der Waals surface area contributed by atoms with Gasteiger partial charge in [0.1, 0.15) is 23.8 Å². The summed E-state index contributed by atoms with van der Waals surface area (Å²) < 4.78 is 43.7. The van der Waals surface area contributed by atoms with Gasteiger partial charge in [-0.15, -0.1) is 0 Å². The first kappa shape index (κ1) is 28.5. The molecule has 0 aliphatic rings. The predicted octanol–water partition coefficient (Wildman–Crippen LogP) is 6.96. The second-order valence-corrected chi connectivity index (χ2v) is 11.7. The Bertz CT molecular complexity index is 1560. The van der Waals surface area contributed by atoms with Gasteiger partial charge in [-0.3, -0.25) is 4.31 Å². The first-order valence-electron chi connectivity index (χ1n) is 11.9. The fraction of sp³-hybridized carbons (Fsp3) is 0.214. The molecule has 1 aromatic heterocycles. The van der Waals surface area contributed by atoms with E-state index in [1.807, 2.05) is 13.8 Å². The minimum Gasteiger partial charge on any atom is -0.489 e. The van der Waals surface area contributed by atoms with Gasteiger partial charge < -0.3 is 14.0 Å². The number of halogens is 2. The van der Waals surface area contributed by atoms with Crippen LogP contribution in [-0.4, -0.2) is 33.7 Å². The van der Waals surface area contributed by atoms with E-state index in [9.17, 15) is 13.2 Å². The molecule has 4 aromatic rings. The minimum atomic E-state index is -3.87. The number of hydrogen-bond acceptors (Lipinski definition) is 7. The van der Waals surface area contributed by atoms with Gasteiger partial charge in [-0.25, -0.2) is 13.2 Å². The average Bonchev–Trinajstić information content (AvgIpc) is 3.35. The molecule has 0 bridgehead atoms. The quantitative estimate of drug-likeness (QED) is 0.195. The highest BCUT2D eigenvalue weighted by Crippen LogP contribution is 2.39. The first-order chi connectivity index (χ1) is 18.5. The highest BCUT2D eigenvalue weighted by molar-refractivity contribution is 7.92. The standard InChI is InChI=1S/C28H26Cl2N2O6S/c1-17(2)27-22(26(31-38-27)25-23(29)6-5-7-24(25)30)16-37-20-12-10-19(11-13-20)32(3)39(34,35)21-14-8-18(9-15-21)28(33)36-4/h5-15,17H,16H2,1-4H3. The lowest BCUT2D eigenvalue weighted by atomic mass is 10.0. The van der Waals surface area contributed by atoms with Crippen molar-refractivity contribution in [3.05, 3.63) is 93.7 Å². The number of benzene rings is 3. The molecule has 0 saturated heterocycles. The largest absolute Gasteiger partial charge is 0.489 e. The number of rotatable bonds is 9. The van der Waals surface area contributed by atoms with Crippen LogP contribution in [0.2, 0.25) is 10.0 Å². The zero-order chi connectivity index (χ0) is 28.3. The number of carbonyl (C=O) groups is 1. The molecule has 0 amide bonds. The Morgan fingerprint density at radius 1 is 1.00 bits per heavy atom. The SMILES string of the molecule is COC(=O)c1ccc(S(=O)(=O)N(C)c2ccc(OCc3c(-c4c(Cl)cccc4Cl)noc3C(C)C)cc2)cc1. The van der Waals surface area contributed by atoms with Crippen molar-refractivity contribution < 1.29 is 27.2 Å². The van der Waals surface area contributed by atoms with Crippen LogP contribution in [0.25, 0.3) is 11.3 Å². The van der Waals surface area contributed by atoms with E-state index >= 15 is 0 Å². The maximum absolute atomic E-state index is 13.1. The fourth-order valence-electron chi connectivity index (χ4n) is 3.92. The number of aromatic nitrogens is 1. The summed E-state index contributed by atoms with van der Waals surface area (Å²) in [5, 5.41) is 5.12. The number of sulfonamides is 1. The van der Waals surface area contributed by atoms with Gasteiger partial charge in [0, 0.05) is 18.5 Å². The number of methoxy groups -OCH3 is 1. The highest BCUT2D eigenvalue weighted by atomic mass is 35.5. The zero-order valence-corrected chi connectivity index (χ0v) is 24.0. The summed E-state index contributed by atoms with van der Waals surface area (Å²) in [4.78, 5) is 11.7. The maximum Gasteiger partial charge on any atom is 0.337 e. The molecule has 0 radical (unpaired) electrons. The Balaban J connectivity index is 1.53. The number of ether oxygens (including phenoxy) is 2. The number of hydrogen-bond donors (Lipinski definition) is 0. The van der Waals surface area contributed by atoms with Gasteiger partial charge in [0.05, 0.1) is 38.9 Å². The molecule has 204 valence electrons. The topological polar surface area (TPSA) is 98.9 Å². The third-order valence-electron chi connectivity index (χ3n) is 6.06. The number of anilines is 1. The predicted molar refractivity (Wildman–Crippen MR) is 150 cm³/mol. The Kier molecular flexibility index (Phi) is 8.54. The van der Waals surface area contributed by atoms with E-state index in [0.29, 0.717) is 38.5 Å². The van der Waals surface area contributed by atoms with Crippen molar-refractivity contribution in [1.82, 2.24) is 5.16 Å². The average molecular weight is 589 g/mol. The van der Waals surface area contributed by atoms with Crippen LogP contribution < -0.4 is 9.04 Å². The van der Waals surface area contributed by atoms with E-state index in [0.717, 1.165) is 9.87 Å². The molecule has 4 rings (SSSR count). The molecule has 0 aliphatic carbocycles. The normalized spacial score (nSPS) is 11.5. The third kappa shape index (κ3) is 5.90. The molecule has 0 aliphatic heterocycles.